The topological polar surface area (TPSA) is 54.2 Å². The first kappa shape index (κ1) is 16.7. The van der Waals surface area contributed by atoms with E-state index in [0.29, 0.717) is 5.55 Å². The van der Waals surface area contributed by atoms with Gasteiger partial charge in [-0.25, -0.2) is 9.98 Å². The Morgan fingerprint density at radius 3 is 2.43 bits per heavy atom. The first-order chi connectivity index (χ1) is 14.8. The van der Waals surface area contributed by atoms with Crippen LogP contribution in [0.15, 0.2) is 106 Å². The zero-order valence-electron chi connectivity index (χ0n) is 16.0. The second-order valence-corrected chi connectivity index (χ2v) is 7.21. The molecule has 2 heterocycles. The minimum Gasteiger partial charge on any atom is -0.438 e. The predicted octanol–water partition coefficient (Wildman–Crippen LogP) is 6.36. The van der Waals surface area contributed by atoms with E-state index in [2.05, 4.69) is 29.2 Å². The van der Waals surface area contributed by atoms with Crippen molar-refractivity contribution in [3.63, 3.8) is 0 Å². The molecule has 6 rings (SSSR count). The molecule has 0 fully saturated rings. The largest absolute Gasteiger partial charge is 0.438 e. The van der Waals surface area contributed by atoms with Gasteiger partial charge in [-0.15, -0.1) is 0 Å². The number of para-hydroxylation sites is 3. The third-order valence-electron chi connectivity index (χ3n) is 5.29. The van der Waals surface area contributed by atoms with Crippen molar-refractivity contribution in [1.82, 2.24) is 9.97 Å². The maximum absolute atomic E-state index is 6.33. The molecule has 0 saturated heterocycles. The number of imidazole rings is 1. The van der Waals surface area contributed by atoms with Crippen molar-refractivity contribution < 1.29 is 4.42 Å². The van der Waals surface area contributed by atoms with Gasteiger partial charge < -0.3 is 9.40 Å². The van der Waals surface area contributed by atoms with Crippen LogP contribution in [0.1, 0.15) is 0 Å². The van der Waals surface area contributed by atoms with E-state index in [9.17, 15) is 0 Å². The SMILES string of the molecule is c1ccc(N=c2oc3ccc4ccccc4c3cc2-c2nc3ccccc3[nH]2)cc1. The van der Waals surface area contributed by atoms with Gasteiger partial charge in [0.1, 0.15) is 11.4 Å². The van der Waals surface area contributed by atoms with Crippen molar-refractivity contribution in [3.05, 3.63) is 103 Å². The molecule has 1 N–H and O–H groups in total. The predicted molar refractivity (Wildman–Crippen MR) is 120 cm³/mol. The number of H-pyrrole nitrogens is 1. The zero-order valence-corrected chi connectivity index (χ0v) is 16.0. The van der Waals surface area contributed by atoms with Crippen molar-refractivity contribution in [2.45, 2.75) is 0 Å². The minimum atomic E-state index is 0.531. The summed E-state index contributed by atoms with van der Waals surface area (Å²) < 4.78 is 6.33. The number of hydrogen-bond donors (Lipinski definition) is 1. The Morgan fingerprint density at radius 1 is 0.733 bits per heavy atom. The molecule has 0 unspecified atom stereocenters. The number of hydrogen-bond acceptors (Lipinski definition) is 3. The number of rotatable bonds is 2. The molecule has 30 heavy (non-hydrogen) atoms. The third-order valence-corrected chi connectivity index (χ3v) is 5.29. The molecule has 6 aromatic rings. The van der Waals surface area contributed by atoms with Crippen molar-refractivity contribution in [2.75, 3.05) is 0 Å². The van der Waals surface area contributed by atoms with Gasteiger partial charge in [0, 0.05) is 5.39 Å². The van der Waals surface area contributed by atoms with Gasteiger partial charge in [0.2, 0.25) is 5.55 Å². The molecule has 0 spiro atoms. The van der Waals surface area contributed by atoms with E-state index in [1.54, 1.807) is 0 Å². The number of aromatic amines is 1. The Kier molecular flexibility index (Phi) is 3.74. The van der Waals surface area contributed by atoms with Gasteiger partial charge in [-0.2, -0.15) is 0 Å². The summed E-state index contributed by atoms with van der Waals surface area (Å²) in [7, 11) is 0. The molecule has 0 aliphatic carbocycles. The fourth-order valence-corrected chi connectivity index (χ4v) is 3.83. The average Bonchev–Trinajstić information content (AvgIpc) is 3.23. The Labute approximate surface area is 172 Å². The standard InChI is InChI=1S/C26H17N3O/c1-2-9-18(10-3-1)27-26-21(25-28-22-12-6-7-13-23(22)29-25)16-20-19-11-5-4-8-17(19)14-15-24(20)30-26/h1-16H,(H,28,29). The Hall–Kier alpha value is -4.18. The first-order valence-corrected chi connectivity index (χ1v) is 9.86. The van der Waals surface area contributed by atoms with Gasteiger partial charge in [-0.3, -0.25) is 0 Å². The summed E-state index contributed by atoms with van der Waals surface area (Å²) in [5.41, 5.74) is 4.89. The second-order valence-electron chi connectivity index (χ2n) is 7.21. The van der Waals surface area contributed by atoms with E-state index in [0.717, 1.165) is 44.5 Å². The number of fused-ring (bicyclic) bond motifs is 4. The molecular formula is C26H17N3O. The van der Waals surface area contributed by atoms with Crippen molar-refractivity contribution in [2.24, 2.45) is 4.99 Å². The van der Waals surface area contributed by atoms with Crippen LogP contribution in [0.5, 0.6) is 0 Å². The van der Waals surface area contributed by atoms with Crippen LogP contribution in [0.3, 0.4) is 0 Å². The lowest BCUT2D eigenvalue weighted by Crippen LogP contribution is -2.06. The Balaban J connectivity index is 1.71. The van der Waals surface area contributed by atoms with Gasteiger partial charge in [0.05, 0.1) is 22.3 Å². The fraction of sp³-hybridized carbons (Fsp3) is 0. The molecule has 0 radical (unpaired) electrons. The zero-order chi connectivity index (χ0) is 19.9. The minimum absolute atomic E-state index is 0.531. The summed E-state index contributed by atoms with van der Waals surface area (Å²) in [4.78, 5) is 13.0. The Morgan fingerprint density at radius 2 is 1.53 bits per heavy atom. The molecule has 2 aromatic heterocycles. The van der Waals surface area contributed by atoms with Gasteiger partial charge in [-0.1, -0.05) is 60.7 Å². The van der Waals surface area contributed by atoms with Gasteiger partial charge in [-0.05, 0) is 47.2 Å². The highest BCUT2D eigenvalue weighted by Gasteiger charge is 2.13. The molecule has 0 aliphatic rings. The van der Waals surface area contributed by atoms with Crippen LogP contribution < -0.4 is 5.55 Å². The van der Waals surface area contributed by atoms with Crippen LogP contribution in [0.25, 0.3) is 44.2 Å². The molecule has 4 aromatic carbocycles. The summed E-state index contributed by atoms with van der Waals surface area (Å²) in [5, 5.41) is 3.35. The Bertz CT molecular complexity index is 1560. The van der Waals surface area contributed by atoms with Gasteiger partial charge in [0.15, 0.2) is 0 Å². The summed E-state index contributed by atoms with van der Waals surface area (Å²) >= 11 is 0. The van der Waals surface area contributed by atoms with Crippen LogP contribution in [-0.4, -0.2) is 9.97 Å². The van der Waals surface area contributed by atoms with Crippen LogP contribution >= 0.6 is 0 Å². The summed E-state index contributed by atoms with van der Waals surface area (Å²) in [6.45, 7) is 0. The van der Waals surface area contributed by atoms with Crippen LogP contribution in [0.4, 0.5) is 5.69 Å². The van der Waals surface area contributed by atoms with E-state index in [1.165, 1.54) is 5.39 Å². The number of aromatic nitrogens is 2. The van der Waals surface area contributed by atoms with E-state index in [-0.39, 0.29) is 0 Å². The molecular weight excluding hydrogens is 370 g/mol. The maximum atomic E-state index is 6.33. The fourth-order valence-electron chi connectivity index (χ4n) is 3.83. The van der Waals surface area contributed by atoms with Crippen LogP contribution in [0.2, 0.25) is 0 Å². The lowest BCUT2D eigenvalue weighted by atomic mass is 10.0. The van der Waals surface area contributed by atoms with Gasteiger partial charge in [0.25, 0.3) is 0 Å². The molecule has 142 valence electrons. The summed E-state index contributed by atoms with van der Waals surface area (Å²) in [5.74, 6) is 0.740. The lowest BCUT2D eigenvalue weighted by Gasteiger charge is -2.06. The normalized spacial score (nSPS) is 12.2. The average molecular weight is 387 g/mol. The highest BCUT2D eigenvalue weighted by Crippen LogP contribution is 2.28. The van der Waals surface area contributed by atoms with E-state index < -0.39 is 0 Å². The third kappa shape index (κ3) is 2.78. The monoisotopic (exact) mass is 387 g/mol. The maximum Gasteiger partial charge on any atom is 0.230 e. The number of nitrogens with one attached hydrogen (secondary N) is 1. The van der Waals surface area contributed by atoms with E-state index in [4.69, 9.17) is 14.4 Å². The van der Waals surface area contributed by atoms with Crippen molar-refractivity contribution >= 4 is 38.5 Å². The molecule has 0 amide bonds. The van der Waals surface area contributed by atoms with Crippen molar-refractivity contribution in [1.29, 1.82) is 0 Å². The molecule has 4 nitrogen and oxygen atoms in total. The smallest absolute Gasteiger partial charge is 0.230 e. The number of nitrogens with zero attached hydrogens (tertiary/aromatic N) is 2. The molecule has 0 atom stereocenters. The molecule has 4 heteroatoms. The quantitative estimate of drug-likeness (QED) is 0.351. The van der Waals surface area contributed by atoms with E-state index in [1.807, 2.05) is 72.8 Å². The summed E-state index contributed by atoms with van der Waals surface area (Å²) in [6, 6.07) is 32.4. The lowest BCUT2D eigenvalue weighted by molar-refractivity contribution is 0.547. The highest BCUT2D eigenvalue weighted by molar-refractivity contribution is 6.06. The summed E-state index contributed by atoms with van der Waals surface area (Å²) in [6.07, 6.45) is 0. The van der Waals surface area contributed by atoms with Crippen LogP contribution in [-0.2, 0) is 0 Å². The molecule has 0 bridgehead atoms. The number of benzene rings is 4. The molecule has 0 saturated carbocycles. The van der Waals surface area contributed by atoms with Crippen molar-refractivity contribution in [3.8, 4) is 11.4 Å². The molecule has 0 aliphatic heterocycles. The van der Waals surface area contributed by atoms with Gasteiger partial charge >= 0.3 is 0 Å². The highest BCUT2D eigenvalue weighted by atomic mass is 16.3. The van der Waals surface area contributed by atoms with E-state index >= 15 is 0 Å². The second kappa shape index (κ2) is 6.71. The van der Waals surface area contributed by atoms with Crippen LogP contribution in [0, 0.1) is 0 Å². The first-order valence-electron chi connectivity index (χ1n) is 9.86.